The molecule has 2 N–H and O–H groups in total. The fourth-order valence-electron chi connectivity index (χ4n) is 1.57. The number of benzene rings is 2. The molecule has 0 spiro atoms. The summed E-state index contributed by atoms with van der Waals surface area (Å²) in [6, 6.07) is 14.5. The van der Waals surface area contributed by atoms with E-state index in [0.29, 0.717) is 28.6 Å². The van der Waals surface area contributed by atoms with Gasteiger partial charge in [0.2, 0.25) is 0 Å². The molecule has 0 fully saturated rings. The van der Waals surface area contributed by atoms with Gasteiger partial charge in [-0.15, -0.1) is 0 Å². The Hall–Kier alpha value is -2.18. The minimum Gasteiger partial charge on any atom is -0.489 e. The lowest BCUT2D eigenvalue weighted by molar-refractivity contribution is 0.306. The highest BCUT2D eigenvalue weighted by molar-refractivity contribution is 6.30. The topological polar surface area (TPSA) is 59.0 Å². The molecule has 0 amide bonds. The molecule has 3 nitrogen and oxygen atoms in total. The van der Waals surface area contributed by atoms with E-state index in [1.54, 1.807) is 36.4 Å². The highest BCUT2D eigenvalue weighted by Gasteiger charge is 2.06. The average molecular weight is 259 g/mol. The average Bonchev–Trinajstić information content (AvgIpc) is 2.38. The van der Waals surface area contributed by atoms with E-state index in [4.69, 9.17) is 27.3 Å². The Morgan fingerprint density at radius 3 is 2.56 bits per heavy atom. The zero-order chi connectivity index (χ0) is 13.0. The number of ether oxygens (including phenoxy) is 1. The molecule has 0 saturated carbocycles. The number of hydrogen-bond donors (Lipinski definition) is 1. The minimum absolute atomic E-state index is 0.301. The van der Waals surface area contributed by atoms with Crippen LogP contribution in [0.1, 0.15) is 11.1 Å². The third-order valence-electron chi connectivity index (χ3n) is 2.50. The first-order valence-corrected chi connectivity index (χ1v) is 5.74. The third kappa shape index (κ3) is 2.73. The molecule has 4 heteroatoms. The number of nitriles is 1. The van der Waals surface area contributed by atoms with Gasteiger partial charge in [-0.05, 0) is 30.3 Å². The molecule has 0 heterocycles. The summed E-state index contributed by atoms with van der Waals surface area (Å²) in [6.45, 7) is 0.301. The van der Waals surface area contributed by atoms with Gasteiger partial charge in [-0.25, -0.2) is 0 Å². The van der Waals surface area contributed by atoms with E-state index >= 15 is 0 Å². The van der Waals surface area contributed by atoms with E-state index in [0.717, 1.165) is 5.56 Å². The molecule has 0 aliphatic carbocycles. The molecule has 0 aliphatic heterocycles. The molecule has 0 unspecified atom stereocenters. The molecule has 0 aliphatic rings. The molecule has 18 heavy (non-hydrogen) atoms. The maximum absolute atomic E-state index is 9.03. The molecule has 2 aromatic rings. The first-order chi connectivity index (χ1) is 8.70. The molecule has 0 saturated heterocycles. The summed E-state index contributed by atoms with van der Waals surface area (Å²) in [6.07, 6.45) is 0. The largest absolute Gasteiger partial charge is 0.489 e. The molecular weight excluding hydrogens is 248 g/mol. The Kier molecular flexibility index (Phi) is 3.71. The third-order valence-corrected chi connectivity index (χ3v) is 2.75. The van der Waals surface area contributed by atoms with Crippen molar-refractivity contribution in [3.63, 3.8) is 0 Å². The standard InChI is InChI=1S/C14H11ClN2O/c15-11-4-6-12(7-5-11)18-9-10-2-1-3-14(17)13(10)8-16/h1-7H,9,17H2. The number of nitrogens with zero attached hydrogens (tertiary/aromatic N) is 1. The summed E-state index contributed by atoms with van der Waals surface area (Å²) in [5.74, 6) is 0.700. The van der Waals surface area contributed by atoms with Gasteiger partial charge in [-0.3, -0.25) is 0 Å². The fraction of sp³-hybridized carbons (Fsp3) is 0.0714. The lowest BCUT2D eigenvalue weighted by Gasteiger charge is -2.08. The highest BCUT2D eigenvalue weighted by atomic mass is 35.5. The number of nitrogen functional groups attached to an aromatic ring is 1. The maximum Gasteiger partial charge on any atom is 0.119 e. The molecule has 2 aromatic carbocycles. The summed E-state index contributed by atoms with van der Waals surface area (Å²) in [5.41, 5.74) is 7.43. The van der Waals surface area contributed by atoms with Crippen molar-refractivity contribution in [2.45, 2.75) is 6.61 Å². The molecule has 0 radical (unpaired) electrons. The van der Waals surface area contributed by atoms with Gasteiger partial charge in [0.15, 0.2) is 0 Å². The van der Waals surface area contributed by atoms with Gasteiger partial charge in [0.25, 0.3) is 0 Å². The Morgan fingerprint density at radius 2 is 1.89 bits per heavy atom. The van der Waals surface area contributed by atoms with Crippen LogP contribution < -0.4 is 10.5 Å². The predicted molar refractivity (Wildman–Crippen MR) is 71.4 cm³/mol. The van der Waals surface area contributed by atoms with Gasteiger partial charge in [0.05, 0.1) is 5.56 Å². The highest BCUT2D eigenvalue weighted by Crippen LogP contribution is 2.20. The van der Waals surface area contributed by atoms with Crippen LogP contribution in [0.25, 0.3) is 0 Å². The molecule has 90 valence electrons. The van der Waals surface area contributed by atoms with Crippen LogP contribution >= 0.6 is 11.6 Å². The lowest BCUT2D eigenvalue weighted by Crippen LogP contribution is -2.01. The molecule has 0 bridgehead atoms. The number of anilines is 1. The van der Waals surface area contributed by atoms with Gasteiger partial charge in [-0.2, -0.15) is 5.26 Å². The second-order valence-corrected chi connectivity index (χ2v) is 4.17. The number of hydrogen-bond acceptors (Lipinski definition) is 3. The number of rotatable bonds is 3. The van der Waals surface area contributed by atoms with Gasteiger partial charge in [0.1, 0.15) is 18.4 Å². The van der Waals surface area contributed by atoms with Gasteiger partial charge in [0, 0.05) is 16.3 Å². The van der Waals surface area contributed by atoms with E-state index in [2.05, 4.69) is 6.07 Å². The predicted octanol–water partition coefficient (Wildman–Crippen LogP) is 3.37. The van der Waals surface area contributed by atoms with Crippen molar-refractivity contribution >= 4 is 17.3 Å². The normalized spacial score (nSPS) is 9.78. The van der Waals surface area contributed by atoms with Crippen LogP contribution in [0.5, 0.6) is 5.75 Å². The lowest BCUT2D eigenvalue weighted by atomic mass is 10.1. The summed E-state index contributed by atoms with van der Waals surface area (Å²) in [5, 5.41) is 9.69. The molecule has 0 aromatic heterocycles. The first kappa shape index (κ1) is 12.3. The Bertz CT molecular complexity index is 588. The van der Waals surface area contributed by atoms with Crippen molar-refractivity contribution in [2.24, 2.45) is 0 Å². The smallest absolute Gasteiger partial charge is 0.119 e. The van der Waals surface area contributed by atoms with Crippen molar-refractivity contribution in [2.75, 3.05) is 5.73 Å². The quantitative estimate of drug-likeness (QED) is 0.859. The number of nitrogens with two attached hydrogens (primary N) is 1. The van der Waals surface area contributed by atoms with Crippen LogP contribution in [0.3, 0.4) is 0 Å². The zero-order valence-corrected chi connectivity index (χ0v) is 10.3. The molecule has 0 atom stereocenters. The van der Waals surface area contributed by atoms with Crippen molar-refractivity contribution in [3.05, 3.63) is 58.6 Å². The van der Waals surface area contributed by atoms with Crippen LogP contribution in [0.4, 0.5) is 5.69 Å². The summed E-state index contributed by atoms with van der Waals surface area (Å²) in [4.78, 5) is 0. The first-order valence-electron chi connectivity index (χ1n) is 5.36. The molecular formula is C14H11ClN2O. The van der Waals surface area contributed by atoms with Crippen LogP contribution in [0, 0.1) is 11.3 Å². The van der Waals surface area contributed by atoms with E-state index in [-0.39, 0.29) is 0 Å². The van der Waals surface area contributed by atoms with Crippen molar-refractivity contribution in [1.29, 1.82) is 5.26 Å². The van der Waals surface area contributed by atoms with Crippen LogP contribution in [0.15, 0.2) is 42.5 Å². The monoisotopic (exact) mass is 258 g/mol. The Morgan fingerprint density at radius 1 is 1.17 bits per heavy atom. The van der Waals surface area contributed by atoms with Gasteiger partial charge in [-0.1, -0.05) is 23.7 Å². The van der Waals surface area contributed by atoms with Crippen molar-refractivity contribution in [1.82, 2.24) is 0 Å². The fourth-order valence-corrected chi connectivity index (χ4v) is 1.69. The molecule has 2 rings (SSSR count). The van der Waals surface area contributed by atoms with Crippen LogP contribution in [-0.2, 0) is 6.61 Å². The van der Waals surface area contributed by atoms with E-state index in [1.165, 1.54) is 0 Å². The maximum atomic E-state index is 9.03. The Labute approximate surface area is 110 Å². The zero-order valence-electron chi connectivity index (χ0n) is 9.56. The van der Waals surface area contributed by atoms with Crippen LogP contribution in [0.2, 0.25) is 5.02 Å². The minimum atomic E-state index is 0.301. The van der Waals surface area contributed by atoms with Crippen molar-refractivity contribution < 1.29 is 4.74 Å². The Balaban J connectivity index is 2.14. The summed E-state index contributed by atoms with van der Waals surface area (Å²) < 4.78 is 5.58. The van der Waals surface area contributed by atoms with Crippen molar-refractivity contribution in [3.8, 4) is 11.8 Å². The SMILES string of the molecule is N#Cc1c(N)cccc1COc1ccc(Cl)cc1. The van der Waals surface area contributed by atoms with E-state index in [9.17, 15) is 0 Å². The van der Waals surface area contributed by atoms with Crippen LogP contribution in [-0.4, -0.2) is 0 Å². The second-order valence-electron chi connectivity index (χ2n) is 3.74. The van der Waals surface area contributed by atoms with Gasteiger partial charge >= 0.3 is 0 Å². The van der Waals surface area contributed by atoms with E-state index < -0.39 is 0 Å². The number of halogens is 1. The summed E-state index contributed by atoms with van der Waals surface area (Å²) in [7, 11) is 0. The summed E-state index contributed by atoms with van der Waals surface area (Å²) >= 11 is 5.78. The van der Waals surface area contributed by atoms with E-state index in [1.807, 2.05) is 6.07 Å². The van der Waals surface area contributed by atoms with Gasteiger partial charge < -0.3 is 10.5 Å². The second kappa shape index (κ2) is 5.44.